The number of aryl methyl sites for hydroxylation is 2. The first-order valence-electron chi connectivity index (χ1n) is 9.96. The maximum absolute atomic E-state index is 12.9. The fraction of sp³-hybridized carbons (Fsp3) is 0.750. The highest BCUT2D eigenvalue weighted by Gasteiger charge is 2.36. The highest BCUT2D eigenvalue weighted by atomic mass is 16.5. The number of hydrogen-bond donors (Lipinski definition) is 0. The Hall–Kier alpha value is -1.73. The van der Waals surface area contributed by atoms with E-state index in [1.165, 1.54) is 6.42 Å². The number of amides is 1. The van der Waals surface area contributed by atoms with Crippen LogP contribution in [0, 0.1) is 19.8 Å². The van der Waals surface area contributed by atoms with Crippen molar-refractivity contribution in [1.82, 2.24) is 19.6 Å². The molecule has 1 aromatic rings. The fourth-order valence-electron chi connectivity index (χ4n) is 4.65. The van der Waals surface area contributed by atoms with E-state index < -0.39 is 0 Å². The Morgan fingerprint density at radius 3 is 2.59 bits per heavy atom. The molecule has 1 aromatic heterocycles. The van der Waals surface area contributed by atoms with Gasteiger partial charge in [0.1, 0.15) is 0 Å². The second-order valence-electron chi connectivity index (χ2n) is 7.96. The fourth-order valence-corrected chi connectivity index (χ4v) is 4.65. The average molecular weight is 377 g/mol. The summed E-state index contributed by atoms with van der Waals surface area (Å²) in [4.78, 5) is 29.2. The summed E-state index contributed by atoms with van der Waals surface area (Å²) in [6.07, 6.45) is 2.80. The van der Waals surface area contributed by atoms with E-state index in [2.05, 4.69) is 10.00 Å². The molecule has 3 aliphatic rings. The molecule has 0 N–H and O–H groups in total. The lowest BCUT2D eigenvalue weighted by atomic mass is 9.95. The van der Waals surface area contributed by atoms with Crippen LogP contribution in [-0.2, 0) is 16.1 Å². The smallest absolute Gasteiger partial charge is 0.224 e. The lowest BCUT2D eigenvalue weighted by Crippen LogP contribution is -2.45. The first kappa shape index (κ1) is 20.0. The normalized spacial score (nSPS) is 22.9. The van der Waals surface area contributed by atoms with Crippen molar-refractivity contribution in [2.24, 2.45) is 5.92 Å². The summed E-state index contributed by atoms with van der Waals surface area (Å²) in [5.41, 5.74) is 2.28. The summed E-state index contributed by atoms with van der Waals surface area (Å²) >= 11 is 0. The number of piperidine rings is 1. The van der Waals surface area contributed by atoms with E-state index in [-0.39, 0.29) is 11.7 Å². The molecule has 0 aliphatic carbocycles. The highest BCUT2D eigenvalue weighted by molar-refractivity contribution is 5.96. The van der Waals surface area contributed by atoms with Crippen molar-refractivity contribution in [2.75, 3.05) is 39.9 Å². The van der Waals surface area contributed by atoms with Crippen molar-refractivity contribution in [3.8, 4) is 0 Å². The van der Waals surface area contributed by atoms with Gasteiger partial charge in [-0.25, -0.2) is 0 Å². The van der Waals surface area contributed by atoms with Crippen LogP contribution in [0.3, 0.4) is 0 Å². The van der Waals surface area contributed by atoms with Crippen molar-refractivity contribution in [1.29, 1.82) is 0 Å². The molecular formula is C20H32N4O3. The molecule has 4 heterocycles. The molecule has 0 saturated carbocycles. The minimum absolute atomic E-state index is 0.0304. The minimum Gasteiger partial charge on any atom is -0.383 e. The average Bonchev–Trinajstić information content (AvgIpc) is 2.80. The molecule has 3 aliphatic heterocycles. The number of carbonyl (C=O) groups is 2. The van der Waals surface area contributed by atoms with Gasteiger partial charge in [-0.15, -0.1) is 0 Å². The summed E-state index contributed by atoms with van der Waals surface area (Å²) in [6.45, 7) is 10.3. The van der Waals surface area contributed by atoms with E-state index in [4.69, 9.17) is 4.74 Å². The van der Waals surface area contributed by atoms with Crippen LogP contribution in [0.4, 0.5) is 0 Å². The number of nitrogens with zero attached hydrogens (tertiary/aromatic N) is 4. The third-order valence-corrected chi connectivity index (χ3v) is 6.03. The zero-order valence-corrected chi connectivity index (χ0v) is 17.0. The van der Waals surface area contributed by atoms with Gasteiger partial charge in [0, 0.05) is 58.0 Å². The molecule has 2 atom stereocenters. The van der Waals surface area contributed by atoms with E-state index in [1.54, 1.807) is 18.7 Å². The SMILES string of the molecule is COCCN1C[C@H]2CC[C@@H]1CN(C(=O)CCn1nc(C)c(C(C)=O)c1C)C2. The Kier molecular flexibility index (Phi) is 6.32. The lowest BCUT2D eigenvalue weighted by molar-refractivity contribution is -0.131. The van der Waals surface area contributed by atoms with Crippen LogP contribution in [0.2, 0.25) is 0 Å². The number of ketones is 1. The van der Waals surface area contributed by atoms with E-state index in [0.717, 1.165) is 50.6 Å². The predicted octanol–water partition coefficient (Wildman–Crippen LogP) is 1.66. The summed E-state index contributed by atoms with van der Waals surface area (Å²) in [5.74, 6) is 0.780. The van der Waals surface area contributed by atoms with Gasteiger partial charge in [0.25, 0.3) is 0 Å². The minimum atomic E-state index is 0.0304. The maximum Gasteiger partial charge on any atom is 0.224 e. The topological polar surface area (TPSA) is 67.7 Å². The molecule has 2 bridgehead atoms. The second kappa shape index (κ2) is 8.52. The Labute approximate surface area is 161 Å². The number of methoxy groups -OCH3 is 1. The van der Waals surface area contributed by atoms with Crippen molar-refractivity contribution in [3.63, 3.8) is 0 Å². The van der Waals surface area contributed by atoms with Crippen molar-refractivity contribution in [3.05, 3.63) is 17.0 Å². The van der Waals surface area contributed by atoms with E-state index >= 15 is 0 Å². The highest BCUT2D eigenvalue weighted by Crippen LogP contribution is 2.28. The van der Waals surface area contributed by atoms with Crippen LogP contribution < -0.4 is 0 Å². The van der Waals surface area contributed by atoms with Gasteiger partial charge in [-0.3, -0.25) is 19.2 Å². The van der Waals surface area contributed by atoms with Crippen molar-refractivity contribution >= 4 is 11.7 Å². The molecule has 27 heavy (non-hydrogen) atoms. The second-order valence-corrected chi connectivity index (χ2v) is 7.96. The molecule has 3 fully saturated rings. The molecule has 7 heteroatoms. The van der Waals surface area contributed by atoms with E-state index in [1.807, 2.05) is 18.7 Å². The predicted molar refractivity (Wildman–Crippen MR) is 103 cm³/mol. The van der Waals surface area contributed by atoms with Gasteiger partial charge in [-0.2, -0.15) is 5.10 Å². The third kappa shape index (κ3) is 4.41. The number of rotatable bonds is 7. The molecule has 4 rings (SSSR count). The summed E-state index contributed by atoms with van der Waals surface area (Å²) in [6, 6.07) is 0.445. The molecule has 7 nitrogen and oxygen atoms in total. The standard InChI is InChI=1S/C20H32N4O3/c1-14-20(16(3)25)15(2)24(21-14)8-7-19(26)23-12-17-5-6-18(13-23)22(11-17)9-10-27-4/h17-18H,5-13H2,1-4H3/t17-,18-/m1/s1. The van der Waals surface area contributed by atoms with Gasteiger partial charge < -0.3 is 9.64 Å². The zero-order chi connectivity index (χ0) is 19.6. The monoisotopic (exact) mass is 376 g/mol. The van der Waals surface area contributed by atoms with Gasteiger partial charge in [-0.05, 0) is 39.5 Å². The molecular weight excluding hydrogens is 344 g/mol. The molecule has 0 unspecified atom stereocenters. The number of fused-ring (bicyclic) bond motifs is 4. The van der Waals surface area contributed by atoms with Crippen LogP contribution in [0.15, 0.2) is 0 Å². The Bertz CT molecular complexity index is 700. The van der Waals surface area contributed by atoms with E-state index in [0.29, 0.717) is 30.5 Å². The number of aromatic nitrogens is 2. The third-order valence-electron chi connectivity index (χ3n) is 6.03. The van der Waals surface area contributed by atoms with Gasteiger partial charge in [0.05, 0.1) is 17.9 Å². The zero-order valence-electron chi connectivity index (χ0n) is 17.0. The first-order valence-corrected chi connectivity index (χ1v) is 9.96. The Morgan fingerprint density at radius 1 is 1.15 bits per heavy atom. The molecule has 150 valence electrons. The Balaban J connectivity index is 1.60. The number of Topliss-reactive ketones (excluding diaryl/α,β-unsaturated/α-hetero) is 1. The molecule has 0 spiro atoms. The number of ether oxygens (including phenoxy) is 1. The van der Waals surface area contributed by atoms with Crippen LogP contribution in [-0.4, -0.2) is 77.2 Å². The van der Waals surface area contributed by atoms with Gasteiger partial charge >= 0.3 is 0 Å². The van der Waals surface area contributed by atoms with E-state index in [9.17, 15) is 9.59 Å². The first-order chi connectivity index (χ1) is 12.9. The van der Waals surface area contributed by atoms with Crippen LogP contribution in [0.5, 0.6) is 0 Å². The Morgan fingerprint density at radius 2 is 1.93 bits per heavy atom. The van der Waals surface area contributed by atoms with Crippen LogP contribution in [0.25, 0.3) is 0 Å². The quantitative estimate of drug-likeness (QED) is 0.677. The van der Waals surface area contributed by atoms with Crippen LogP contribution in [0.1, 0.15) is 47.9 Å². The maximum atomic E-state index is 12.9. The van der Waals surface area contributed by atoms with Gasteiger partial charge in [0.2, 0.25) is 5.91 Å². The van der Waals surface area contributed by atoms with Gasteiger partial charge in [-0.1, -0.05) is 0 Å². The van der Waals surface area contributed by atoms with Crippen molar-refractivity contribution in [2.45, 2.75) is 52.6 Å². The molecule has 0 radical (unpaired) electrons. The lowest BCUT2D eigenvalue weighted by Gasteiger charge is -2.35. The summed E-state index contributed by atoms with van der Waals surface area (Å²) < 4.78 is 7.05. The number of hydrogen-bond acceptors (Lipinski definition) is 5. The summed E-state index contributed by atoms with van der Waals surface area (Å²) in [5, 5.41) is 4.46. The molecule has 3 saturated heterocycles. The molecule has 1 amide bonds. The number of carbonyl (C=O) groups excluding carboxylic acids is 2. The molecule has 0 aromatic carbocycles. The summed E-state index contributed by atoms with van der Waals surface area (Å²) in [7, 11) is 1.74. The largest absolute Gasteiger partial charge is 0.383 e. The van der Waals surface area contributed by atoms with Crippen molar-refractivity contribution < 1.29 is 14.3 Å². The van der Waals surface area contributed by atoms with Crippen LogP contribution >= 0.6 is 0 Å². The van der Waals surface area contributed by atoms with Gasteiger partial charge in [0.15, 0.2) is 5.78 Å².